The Kier molecular flexibility index (Phi) is 5.78. The summed E-state index contributed by atoms with van der Waals surface area (Å²) in [5.74, 6) is -0.251. The minimum atomic E-state index is -0.192. The molecule has 1 aliphatic rings. The molecule has 162 valence electrons. The first-order valence-electron chi connectivity index (χ1n) is 10.5. The molecule has 0 saturated carbocycles. The summed E-state index contributed by atoms with van der Waals surface area (Å²) in [6.07, 6.45) is 0. The number of anilines is 1. The number of thiophene rings is 2. The van der Waals surface area contributed by atoms with Gasteiger partial charge in [-0.05, 0) is 35.6 Å². The zero-order valence-corrected chi connectivity index (χ0v) is 19.2. The number of amides is 2. The second-order valence-electron chi connectivity index (χ2n) is 7.63. The van der Waals surface area contributed by atoms with Gasteiger partial charge in [0, 0.05) is 22.7 Å². The molecule has 4 aromatic rings. The summed E-state index contributed by atoms with van der Waals surface area (Å²) in [4.78, 5) is 30.1. The number of hydrogen-bond donors (Lipinski definition) is 1. The number of nitrogens with one attached hydrogen (secondary N) is 1. The normalized spacial score (nSPS) is 14.0. The van der Waals surface area contributed by atoms with Crippen molar-refractivity contribution >= 4 is 49.6 Å². The molecule has 0 unspecified atom stereocenters. The Labute approximate surface area is 194 Å². The van der Waals surface area contributed by atoms with Gasteiger partial charge in [-0.2, -0.15) is 0 Å². The second-order valence-corrected chi connectivity index (χ2v) is 9.74. The van der Waals surface area contributed by atoms with Crippen LogP contribution in [-0.2, 0) is 4.74 Å². The average molecular weight is 463 g/mol. The third-order valence-corrected chi connectivity index (χ3v) is 7.94. The molecular formula is C25H22N2O3S2. The fourth-order valence-electron chi connectivity index (χ4n) is 3.91. The summed E-state index contributed by atoms with van der Waals surface area (Å²) in [5, 5.41) is 4.69. The minimum Gasteiger partial charge on any atom is -0.378 e. The molecule has 7 heteroatoms. The third-order valence-electron chi connectivity index (χ3n) is 5.57. The van der Waals surface area contributed by atoms with Crippen molar-refractivity contribution in [2.45, 2.75) is 6.92 Å². The van der Waals surface area contributed by atoms with Crippen LogP contribution in [0.15, 0.2) is 60.7 Å². The van der Waals surface area contributed by atoms with E-state index in [9.17, 15) is 9.59 Å². The number of hydrogen-bond acceptors (Lipinski definition) is 5. The van der Waals surface area contributed by atoms with Crippen LogP contribution < -0.4 is 5.32 Å². The first kappa shape index (κ1) is 20.9. The molecule has 32 heavy (non-hydrogen) atoms. The molecule has 0 spiro atoms. The molecule has 2 amide bonds. The van der Waals surface area contributed by atoms with E-state index in [1.54, 1.807) is 0 Å². The van der Waals surface area contributed by atoms with Crippen molar-refractivity contribution in [1.29, 1.82) is 0 Å². The van der Waals surface area contributed by atoms with E-state index in [-0.39, 0.29) is 11.8 Å². The molecule has 1 fully saturated rings. The van der Waals surface area contributed by atoms with Crippen molar-refractivity contribution in [3.8, 4) is 10.4 Å². The summed E-state index contributed by atoms with van der Waals surface area (Å²) >= 11 is 2.91. The molecule has 2 aromatic carbocycles. The first-order chi connectivity index (χ1) is 15.6. The van der Waals surface area contributed by atoms with Crippen LogP contribution in [0.5, 0.6) is 0 Å². The summed E-state index contributed by atoms with van der Waals surface area (Å²) in [6, 6.07) is 19.8. The van der Waals surface area contributed by atoms with E-state index < -0.39 is 0 Å². The van der Waals surface area contributed by atoms with E-state index in [0.29, 0.717) is 41.7 Å². The fraction of sp³-hybridized carbons (Fsp3) is 0.200. The van der Waals surface area contributed by atoms with Gasteiger partial charge in [0.25, 0.3) is 11.8 Å². The second kappa shape index (κ2) is 8.86. The summed E-state index contributed by atoms with van der Waals surface area (Å²) in [7, 11) is 0. The van der Waals surface area contributed by atoms with Gasteiger partial charge in [-0.1, -0.05) is 48.5 Å². The lowest BCUT2D eigenvalue weighted by Gasteiger charge is -2.27. The van der Waals surface area contributed by atoms with Crippen LogP contribution in [0.25, 0.3) is 20.5 Å². The van der Waals surface area contributed by atoms with Crippen LogP contribution in [0.2, 0.25) is 0 Å². The lowest BCUT2D eigenvalue weighted by atomic mass is 10.1. The number of nitrogens with zero attached hydrogens (tertiary/aromatic N) is 1. The van der Waals surface area contributed by atoms with E-state index in [0.717, 1.165) is 26.1 Å². The first-order valence-corrected chi connectivity index (χ1v) is 12.1. The van der Waals surface area contributed by atoms with Crippen LogP contribution in [0.1, 0.15) is 25.6 Å². The van der Waals surface area contributed by atoms with Gasteiger partial charge >= 0.3 is 0 Å². The minimum absolute atomic E-state index is 0.0594. The Balaban J connectivity index is 1.53. The lowest BCUT2D eigenvalue weighted by Crippen LogP contribution is -2.41. The van der Waals surface area contributed by atoms with Gasteiger partial charge in [0.05, 0.1) is 23.7 Å². The number of carbonyl (C=O) groups excluding carboxylic acids is 2. The van der Waals surface area contributed by atoms with Gasteiger partial charge in [0.1, 0.15) is 5.00 Å². The Hall–Kier alpha value is -3.00. The highest BCUT2D eigenvalue weighted by atomic mass is 32.1. The lowest BCUT2D eigenvalue weighted by molar-refractivity contribution is 0.0303. The Bertz CT molecular complexity index is 1250. The van der Waals surface area contributed by atoms with E-state index in [2.05, 4.69) is 5.32 Å². The number of morpholine rings is 1. The zero-order chi connectivity index (χ0) is 22.1. The van der Waals surface area contributed by atoms with E-state index >= 15 is 0 Å². The van der Waals surface area contributed by atoms with Gasteiger partial charge in [-0.25, -0.2) is 0 Å². The number of ether oxygens (including phenoxy) is 1. The summed E-state index contributed by atoms with van der Waals surface area (Å²) in [5.41, 5.74) is 2.50. The molecule has 0 bridgehead atoms. The van der Waals surface area contributed by atoms with Gasteiger partial charge in [0.2, 0.25) is 0 Å². The maximum atomic E-state index is 13.5. The molecule has 1 aliphatic heterocycles. The molecule has 0 aliphatic carbocycles. The van der Waals surface area contributed by atoms with Crippen molar-refractivity contribution in [3.63, 3.8) is 0 Å². The van der Waals surface area contributed by atoms with E-state index in [4.69, 9.17) is 4.74 Å². The molecule has 0 radical (unpaired) electrons. The van der Waals surface area contributed by atoms with Gasteiger partial charge in [0.15, 0.2) is 0 Å². The van der Waals surface area contributed by atoms with Gasteiger partial charge in [-0.3, -0.25) is 9.59 Å². The van der Waals surface area contributed by atoms with Crippen molar-refractivity contribution < 1.29 is 14.3 Å². The molecule has 0 atom stereocenters. The zero-order valence-electron chi connectivity index (χ0n) is 17.6. The van der Waals surface area contributed by atoms with Crippen LogP contribution in [0, 0.1) is 6.92 Å². The molecule has 5 rings (SSSR count). The highest BCUT2D eigenvalue weighted by Crippen LogP contribution is 2.41. The smallest absolute Gasteiger partial charge is 0.266 e. The summed E-state index contributed by atoms with van der Waals surface area (Å²) in [6.45, 7) is 4.13. The van der Waals surface area contributed by atoms with Crippen LogP contribution in [0.4, 0.5) is 5.00 Å². The van der Waals surface area contributed by atoms with Crippen LogP contribution >= 0.6 is 22.7 Å². The fourth-order valence-corrected chi connectivity index (χ4v) is 6.06. The van der Waals surface area contributed by atoms with Gasteiger partial charge in [-0.15, -0.1) is 22.7 Å². The highest BCUT2D eigenvalue weighted by Gasteiger charge is 2.28. The van der Waals surface area contributed by atoms with Crippen molar-refractivity contribution in [3.05, 3.63) is 76.7 Å². The predicted octanol–water partition coefficient (Wildman–Crippen LogP) is 5.66. The predicted molar refractivity (Wildman–Crippen MR) is 131 cm³/mol. The van der Waals surface area contributed by atoms with E-state index in [1.165, 1.54) is 22.7 Å². The number of rotatable bonds is 4. The van der Waals surface area contributed by atoms with Gasteiger partial charge < -0.3 is 15.0 Å². The van der Waals surface area contributed by atoms with E-state index in [1.807, 2.05) is 72.5 Å². The maximum Gasteiger partial charge on any atom is 0.266 e. The Morgan fingerprint density at radius 2 is 1.69 bits per heavy atom. The Morgan fingerprint density at radius 3 is 2.44 bits per heavy atom. The molecule has 5 nitrogen and oxygen atoms in total. The number of benzene rings is 2. The molecule has 1 N–H and O–H groups in total. The van der Waals surface area contributed by atoms with Crippen molar-refractivity contribution in [1.82, 2.24) is 4.90 Å². The number of carbonyl (C=O) groups is 2. The SMILES string of the molecule is Cc1c(-c2ccccc2)sc(NC(=O)c2cc3ccccc3s2)c1C(=O)N1CCOCC1. The van der Waals surface area contributed by atoms with Crippen LogP contribution in [-0.4, -0.2) is 43.0 Å². The quantitative estimate of drug-likeness (QED) is 0.426. The monoisotopic (exact) mass is 462 g/mol. The average Bonchev–Trinajstić information content (AvgIpc) is 3.41. The standard InChI is InChI=1S/C25H22N2O3S2/c1-16-21(25(29)27-11-13-30-14-12-27)24(32-22(16)17-7-3-2-4-8-17)26-23(28)20-15-18-9-5-6-10-19(18)31-20/h2-10,15H,11-14H2,1H3,(H,26,28). The third kappa shape index (κ3) is 3.95. The maximum absolute atomic E-state index is 13.5. The molecule has 2 aromatic heterocycles. The highest BCUT2D eigenvalue weighted by molar-refractivity contribution is 7.21. The van der Waals surface area contributed by atoms with Crippen molar-refractivity contribution in [2.75, 3.05) is 31.6 Å². The van der Waals surface area contributed by atoms with Crippen molar-refractivity contribution in [2.24, 2.45) is 0 Å². The summed E-state index contributed by atoms with van der Waals surface area (Å²) < 4.78 is 6.48. The Morgan fingerprint density at radius 1 is 0.969 bits per heavy atom. The molecular weight excluding hydrogens is 440 g/mol. The number of fused-ring (bicyclic) bond motifs is 1. The molecule has 1 saturated heterocycles. The molecule has 3 heterocycles. The topological polar surface area (TPSA) is 58.6 Å². The largest absolute Gasteiger partial charge is 0.378 e. The van der Waals surface area contributed by atoms with Crippen LogP contribution in [0.3, 0.4) is 0 Å².